The maximum Gasteiger partial charge on any atom is 0.327 e. The van der Waals surface area contributed by atoms with Gasteiger partial charge in [0.1, 0.15) is 29.1 Å². The Morgan fingerprint density at radius 1 is 1.07 bits per heavy atom. The van der Waals surface area contributed by atoms with Crippen LogP contribution in [0.5, 0.6) is 0 Å². The molecule has 0 saturated carbocycles. The van der Waals surface area contributed by atoms with Crippen molar-refractivity contribution in [3.05, 3.63) is 81.6 Å². The summed E-state index contributed by atoms with van der Waals surface area (Å²) in [5, 5.41) is 15.1. The third-order valence-corrected chi connectivity index (χ3v) is 9.90. The minimum Gasteiger partial charge on any atom is -0.480 e. The lowest BCUT2D eigenvalue weighted by atomic mass is 9.95. The van der Waals surface area contributed by atoms with Crippen molar-refractivity contribution in [2.45, 2.75) is 67.9 Å². The van der Waals surface area contributed by atoms with Crippen LogP contribution in [0, 0.1) is 0 Å². The van der Waals surface area contributed by atoms with Gasteiger partial charge < -0.3 is 25.2 Å². The number of nitrogens with one attached hydrogen (secondary N) is 2. The van der Waals surface area contributed by atoms with Crippen LogP contribution in [0.15, 0.2) is 59.5 Å². The molecule has 3 N–H and O–H groups in total. The van der Waals surface area contributed by atoms with E-state index in [4.69, 9.17) is 0 Å². The molecular weight excluding hydrogens is 544 g/mol. The molecule has 5 unspecified atom stereocenters. The second-order valence-corrected chi connectivity index (χ2v) is 13.2. The highest BCUT2D eigenvalue weighted by Gasteiger charge is 2.64. The number of rotatable bonds is 6. The third-order valence-electron chi connectivity index (χ3n) is 8.33. The number of β-lactam (4-membered cyclic amide) rings is 1. The third kappa shape index (κ3) is 4.30. The molecule has 2 fully saturated rings. The standard InChI is InChI=1S/C30H30N4O6S/c1-15-12-13-17-10-7-11-18-22(17)33(15)14-19(23(18)35)25(36)31-20(16-8-5-4-6-9-16)26(37)32-21-27(38)34-24(29(39)40)30(2,3)41-28(21)34/h4-11,14-15,20-21,24,28H,12-13H2,1-3H3,(H,31,36)(H,32,37)(H,39,40). The Labute approximate surface area is 240 Å². The molecule has 41 heavy (non-hydrogen) atoms. The Morgan fingerprint density at radius 3 is 2.51 bits per heavy atom. The summed E-state index contributed by atoms with van der Waals surface area (Å²) in [5.41, 5.74) is 1.88. The van der Waals surface area contributed by atoms with Gasteiger partial charge in [0.15, 0.2) is 0 Å². The van der Waals surface area contributed by atoms with Gasteiger partial charge in [-0.3, -0.25) is 19.2 Å². The van der Waals surface area contributed by atoms with Crippen molar-refractivity contribution in [1.82, 2.24) is 20.1 Å². The Morgan fingerprint density at radius 2 is 1.80 bits per heavy atom. The van der Waals surface area contributed by atoms with Crippen LogP contribution < -0.4 is 16.1 Å². The molecule has 0 spiro atoms. The zero-order chi connectivity index (χ0) is 29.2. The zero-order valence-corrected chi connectivity index (χ0v) is 23.6. The number of aromatic nitrogens is 1. The van der Waals surface area contributed by atoms with Gasteiger partial charge in [-0.05, 0) is 50.8 Å². The average molecular weight is 575 g/mol. The number of fused-ring (bicyclic) bond motifs is 1. The molecule has 4 heterocycles. The summed E-state index contributed by atoms with van der Waals surface area (Å²) in [4.78, 5) is 66.9. The summed E-state index contributed by atoms with van der Waals surface area (Å²) in [6.45, 7) is 5.55. The monoisotopic (exact) mass is 574 g/mol. The maximum atomic E-state index is 13.6. The van der Waals surface area contributed by atoms with Gasteiger partial charge in [0, 0.05) is 22.4 Å². The van der Waals surface area contributed by atoms with Crippen molar-refractivity contribution in [2.75, 3.05) is 0 Å². The van der Waals surface area contributed by atoms with Gasteiger partial charge in [0.2, 0.25) is 17.2 Å². The smallest absolute Gasteiger partial charge is 0.327 e. The number of hydrogen-bond acceptors (Lipinski definition) is 6. The Hall–Kier alpha value is -4.12. The summed E-state index contributed by atoms with van der Waals surface area (Å²) in [5.74, 6) is -2.90. The van der Waals surface area contributed by atoms with Crippen molar-refractivity contribution < 1.29 is 24.3 Å². The number of benzene rings is 2. The topological polar surface area (TPSA) is 138 Å². The first-order chi connectivity index (χ1) is 19.5. The lowest BCUT2D eigenvalue weighted by Gasteiger charge is -2.44. The fraction of sp³-hybridized carbons (Fsp3) is 0.367. The van der Waals surface area contributed by atoms with Gasteiger partial charge in [0.05, 0.1) is 5.52 Å². The molecule has 5 atom stereocenters. The molecule has 212 valence electrons. The number of carbonyl (C=O) groups excluding carboxylic acids is 3. The number of amides is 3. The van der Waals surface area contributed by atoms with Gasteiger partial charge in [-0.1, -0.05) is 42.5 Å². The van der Waals surface area contributed by atoms with E-state index in [0.29, 0.717) is 10.9 Å². The van der Waals surface area contributed by atoms with Crippen LogP contribution in [0.25, 0.3) is 10.9 Å². The van der Waals surface area contributed by atoms with Crippen LogP contribution in [0.1, 0.15) is 60.8 Å². The Kier molecular flexibility index (Phi) is 6.44. The van der Waals surface area contributed by atoms with Crippen LogP contribution in [-0.4, -0.2) is 60.5 Å². The van der Waals surface area contributed by atoms with E-state index in [2.05, 4.69) is 10.6 Å². The van der Waals surface area contributed by atoms with E-state index in [-0.39, 0.29) is 11.6 Å². The Bertz CT molecular complexity index is 1670. The van der Waals surface area contributed by atoms with Crippen LogP contribution in [0.2, 0.25) is 0 Å². The van der Waals surface area contributed by atoms with E-state index >= 15 is 0 Å². The van der Waals surface area contributed by atoms with E-state index in [1.807, 2.05) is 23.6 Å². The lowest BCUT2D eigenvalue weighted by Crippen LogP contribution is -2.71. The van der Waals surface area contributed by atoms with Crippen LogP contribution in [0.3, 0.4) is 0 Å². The SMILES string of the molecule is CC1CCc2cccc3c(=O)c(C(=O)NC(C(=O)NC4C(=O)N5C4SC(C)(C)C5C(=O)O)c4ccccc4)cn1c23. The zero-order valence-electron chi connectivity index (χ0n) is 22.8. The molecule has 1 aromatic heterocycles. The van der Waals surface area contributed by atoms with Crippen molar-refractivity contribution in [2.24, 2.45) is 0 Å². The summed E-state index contributed by atoms with van der Waals surface area (Å²) in [7, 11) is 0. The summed E-state index contributed by atoms with van der Waals surface area (Å²) in [6, 6.07) is 11.1. The van der Waals surface area contributed by atoms with Crippen LogP contribution in [0.4, 0.5) is 0 Å². The fourth-order valence-electron chi connectivity index (χ4n) is 6.24. The molecule has 3 aromatic rings. The molecule has 0 bridgehead atoms. The summed E-state index contributed by atoms with van der Waals surface area (Å²) < 4.78 is 1.22. The number of thioether (sulfide) groups is 1. The summed E-state index contributed by atoms with van der Waals surface area (Å²) in [6.07, 6.45) is 3.29. The van der Waals surface area contributed by atoms with Crippen molar-refractivity contribution in [1.29, 1.82) is 0 Å². The second kappa shape index (κ2) is 9.76. The van der Waals surface area contributed by atoms with Crippen molar-refractivity contribution >= 4 is 46.4 Å². The number of carboxylic acid groups (broad SMARTS) is 1. The number of carboxylic acids is 1. The van der Waals surface area contributed by atoms with Crippen molar-refractivity contribution in [3.8, 4) is 0 Å². The van der Waals surface area contributed by atoms with Gasteiger partial charge in [-0.25, -0.2) is 4.79 Å². The van der Waals surface area contributed by atoms with E-state index in [0.717, 1.165) is 23.9 Å². The van der Waals surface area contributed by atoms with E-state index in [1.54, 1.807) is 56.4 Å². The number of aryl methyl sites for hydroxylation is 1. The predicted octanol–water partition coefficient (Wildman–Crippen LogP) is 2.61. The molecule has 6 rings (SSSR count). The molecule has 3 aliphatic heterocycles. The van der Waals surface area contributed by atoms with Gasteiger partial charge >= 0.3 is 5.97 Å². The molecule has 11 heteroatoms. The number of pyridine rings is 1. The fourth-order valence-corrected chi connectivity index (χ4v) is 7.86. The predicted molar refractivity (Wildman–Crippen MR) is 154 cm³/mol. The van der Waals surface area contributed by atoms with Gasteiger partial charge in [-0.15, -0.1) is 11.8 Å². The number of carbonyl (C=O) groups is 4. The number of para-hydroxylation sites is 1. The molecule has 2 saturated heterocycles. The largest absolute Gasteiger partial charge is 0.480 e. The first-order valence-electron chi connectivity index (χ1n) is 13.6. The number of nitrogens with zero attached hydrogens (tertiary/aromatic N) is 2. The Balaban J connectivity index is 1.30. The first kappa shape index (κ1) is 27.1. The lowest BCUT2D eigenvalue weighted by molar-refractivity contribution is -0.161. The van der Waals surface area contributed by atoms with Crippen LogP contribution in [-0.2, 0) is 20.8 Å². The molecule has 10 nitrogen and oxygen atoms in total. The van der Waals surface area contributed by atoms with E-state index < -0.39 is 57.4 Å². The van der Waals surface area contributed by atoms with Gasteiger partial charge in [-0.2, -0.15) is 0 Å². The normalized spacial score (nSPS) is 24.8. The highest BCUT2D eigenvalue weighted by Crippen LogP contribution is 2.50. The molecular formula is C30H30N4O6S. The maximum absolute atomic E-state index is 13.6. The minimum atomic E-state index is -1.19. The molecule has 0 radical (unpaired) electrons. The van der Waals surface area contributed by atoms with Crippen molar-refractivity contribution in [3.63, 3.8) is 0 Å². The first-order valence-corrected chi connectivity index (χ1v) is 14.4. The van der Waals surface area contributed by atoms with Gasteiger partial charge in [0.25, 0.3) is 5.91 Å². The number of aliphatic carboxylic acids is 1. The highest BCUT2D eigenvalue weighted by atomic mass is 32.2. The minimum absolute atomic E-state index is 0.0691. The average Bonchev–Trinajstić information content (AvgIpc) is 3.21. The van der Waals surface area contributed by atoms with Crippen LogP contribution >= 0.6 is 11.8 Å². The molecule has 3 amide bonds. The molecule has 0 aliphatic carbocycles. The quantitative estimate of drug-likeness (QED) is 0.385. The number of hydrogen-bond donors (Lipinski definition) is 3. The second-order valence-electron chi connectivity index (χ2n) is 11.4. The van der Waals surface area contributed by atoms with E-state index in [1.165, 1.54) is 16.7 Å². The summed E-state index contributed by atoms with van der Waals surface area (Å²) >= 11 is 1.32. The molecule has 3 aliphatic rings. The van der Waals surface area contributed by atoms with E-state index in [9.17, 15) is 29.1 Å². The molecule has 2 aromatic carbocycles. The highest BCUT2D eigenvalue weighted by molar-refractivity contribution is 8.01.